The van der Waals surface area contributed by atoms with E-state index >= 15 is 0 Å². The normalized spacial score (nSPS) is 12.6. The smallest absolute Gasteiger partial charge is 0.143 e. The molecule has 154 valence electrons. The third-order valence-corrected chi connectivity index (χ3v) is 6.10. The zero-order valence-corrected chi connectivity index (χ0v) is 17.7. The van der Waals surface area contributed by atoms with Crippen LogP contribution in [0.5, 0.6) is 0 Å². The maximum absolute atomic E-state index is 6.25. The van der Waals surface area contributed by atoms with E-state index in [1.807, 2.05) is 6.07 Å². The van der Waals surface area contributed by atoms with Crippen molar-refractivity contribution in [3.05, 3.63) is 108 Å². The van der Waals surface area contributed by atoms with E-state index in [2.05, 4.69) is 108 Å². The fraction of sp³-hybridized carbons (Fsp3) is 0.0667. The summed E-state index contributed by atoms with van der Waals surface area (Å²) in [6, 6.07) is 34.0. The molecule has 1 aromatic heterocycles. The Bertz CT molecular complexity index is 1510. The summed E-state index contributed by atoms with van der Waals surface area (Å²) in [4.78, 5) is 0. The first kappa shape index (κ1) is 18.7. The first-order chi connectivity index (χ1) is 15.8. The first-order valence-corrected chi connectivity index (χ1v) is 11.1. The average Bonchev–Trinajstić information content (AvgIpc) is 3.25. The van der Waals surface area contributed by atoms with Crippen LogP contribution in [0, 0.1) is 0 Å². The minimum Gasteiger partial charge on any atom is -0.456 e. The Morgan fingerprint density at radius 2 is 1.22 bits per heavy atom. The van der Waals surface area contributed by atoms with Crippen LogP contribution in [0.4, 0.5) is 11.4 Å². The molecule has 2 heteroatoms. The third-order valence-electron chi connectivity index (χ3n) is 6.10. The number of hydrogen-bond donors (Lipinski definition) is 1. The van der Waals surface area contributed by atoms with Crippen molar-refractivity contribution in [3.8, 4) is 22.3 Å². The van der Waals surface area contributed by atoms with Gasteiger partial charge in [0.15, 0.2) is 0 Å². The highest BCUT2D eigenvalue weighted by atomic mass is 16.3. The lowest BCUT2D eigenvalue weighted by Gasteiger charge is -2.09. The predicted molar refractivity (Wildman–Crippen MR) is 134 cm³/mol. The minimum atomic E-state index is 0.976. The molecule has 2 nitrogen and oxygen atoms in total. The monoisotopic (exact) mass is 413 g/mol. The van der Waals surface area contributed by atoms with Crippen LogP contribution in [0.1, 0.15) is 12.8 Å². The molecule has 4 aromatic carbocycles. The van der Waals surface area contributed by atoms with Gasteiger partial charge in [-0.05, 0) is 59.9 Å². The van der Waals surface area contributed by atoms with Crippen molar-refractivity contribution in [1.82, 2.24) is 0 Å². The van der Waals surface area contributed by atoms with E-state index in [1.54, 1.807) is 0 Å². The molecule has 0 aliphatic heterocycles. The van der Waals surface area contributed by atoms with Crippen LogP contribution >= 0.6 is 0 Å². The maximum Gasteiger partial charge on any atom is 0.143 e. The van der Waals surface area contributed by atoms with Gasteiger partial charge in [0, 0.05) is 27.5 Å². The third kappa shape index (κ3) is 3.40. The largest absolute Gasteiger partial charge is 0.456 e. The molecule has 5 aromatic rings. The van der Waals surface area contributed by atoms with Gasteiger partial charge in [0.25, 0.3) is 0 Å². The average molecular weight is 414 g/mol. The van der Waals surface area contributed by atoms with E-state index in [0.717, 1.165) is 46.3 Å². The van der Waals surface area contributed by atoms with Crippen LogP contribution in [-0.4, -0.2) is 0 Å². The molecule has 0 fully saturated rings. The highest BCUT2D eigenvalue weighted by Crippen LogP contribution is 2.29. The van der Waals surface area contributed by atoms with Crippen LogP contribution in [-0.2, 0) is 0 Å². The Kier molecular flexibility index (Phi) is 4.62. The van der Waals surface area contributed by atoms with Gasteiger partial charge in [-0.3, -0.25) is 0 Å². The van der Waals surface area contributed by atoms with Crippen LogP contribution in [0.3, 0.4) is 0 Å². The highest BCUT2D eigenvalue weighted by molar-refractivity contribution is 5.93. The van der Waals surface area contributed by atoms with E-state index < -0.39 is 0 Å². The number of nitrogens with one attached hydrogen (secondary N) is 1. The van der Waals surface area contributed by atoms with Crippen LogP contribution in [0.2, 0.25) is 0 Å². The molecule has 0 radical (unpaired) electrons. The highest BCUT2D eigenvalue weighted by Gasteiger charge is 2.11. The summed E-state index contributed by atoms with van der Waals surface area (Å²) in [5.41, 5.74) is 8.87. The molecule has 1 aliphatic carbocycles. The molecule has 1 aliphatic rings. The SMILES string of the molecule is C1=c2oc3c(-c4ccc(Nc5ccc(-c6ccccc6)cc5)cc4)cccc3c2=CCC1. The lowest BCUT2D eigenvalue weighted by Crippen LogP contribution is -2.21. The lowest BCUT2D eigenvalue weighted by atomic mass is 10.0. The molecular weight excluding hydrogens is 390 g/mol. The van der Waals surface area contributed by atoms with Crippen LogP contribution in [0.25, 0.3) is 45.4 Å². The number of anilines is 2. The summed E-state index contributed by atoms with van der Waals surface area (Å²) >= 11 is 0. The number of hydrogen-bond acceptors (Lipinski definition) is 2. The standard InChI is InChI=1S/C30H23NO/c1-2-7-21(8-3-1)22-13-17-24(18-14-22)31-25-19-15-23(16-20-25)26-10-6-11-28-27-9-4-5-12-29(27)32-30(26)28/h1-3,6-20,31H,4-5H2. The summed E-state index contributed by atoms with van der Waals surface area (Å²) in [5.74, 6) is 0. The second-order valence-electron chi connectivity index (χ2n) is 8.19. The van der Waals surface area contributed by atoms with Gasteiger partial charge >= 0.3 is 0 Å². The van der Waals surface area contributed by atoms with Crippen molar-refractivity contribution in [1.29, 1.82) is 0 Å². The predicted octanol–water partition coefficient (Wildman–Crippen LogP) is 6.87. The topological polar surface area (TPSA) is 25.2 Å². The Labute approximate surface area is 187 Å². The Morgan fingerprint density at radius 1 is 0.562 bits per heavy atom. The van der Waals surface area contributed by atoms with E-state index in [4.69, 9.17) is 4.42 Å². The molecule has 0 saturated heterocycles. The van der Waals surface area contributed by atoms with Gasteiger partial charge in [-0.1, -0.05) is 78.9 Å². The number of furan rings is 1. The summed E-state index contributed by atoms with van der Waals surface area (Å²) in [7, 11) is 0. The minimum absolute atomic E-state index is 0.976. The van der Waals surface area contributed by atoms with Crippen LogP contribution < -0.4 is 16.0 Å². The molecule has 0 bridgehead atoms. The summed E-state index contributed by atoms with van der Waals surface area (Å²) in [5, 5.41) is 5.95. The Balaban J connectivity index is 1.27. The molecule has 0 atom stereocenters. The Morgan fingerprint density at radius 3 is 1.97 bits per heavy atom. The molecule has 0 saturated carbocycles. The van der Waals surface area contributed by atoms with Gasteiger partial charge in [0.05, 0.1) is 0 Å². The van der Waals surface area contributed by atoms with Crippen LogP contribution in [0.15, 0.2) is 101 Å². The van der Waals surface area contributed by atoms with E-state index in [-0.39, 0.29) is 0 Å². The number of rotatable bonds is 4. The van der Waals surface area contributed by atoms with Gasteiger partial charge in [-0.2, -0.15) is 0 Å². The second-order valence-corrected chi connectivity index (χ2v) is 8.19. The molecule has 6 rings (SSSR count). The number of fused-ring (bicyclic) bond motifs is 3. The Hall–Kier alpha value is -4.04. The second kappa shape index (κ2) is 7.90. The van der Waals surface area contributed by atoms with Crippen molar-refractivity contribution >= 4 is 34.5 Å². The summed E-state index contributed by atoms with van der Waals surface area (Å²) < 4.78 is 6.25. The zero-order valence-electron chi connectivity index (χ0n) is 17.7. The van der Waals surface area contributed by atoms with Gasteiger partial charge in [-0.15, -0.1) is 0 Å². The van der Waals surface area contributed by atoms with Crippen molar-refractivity contribution < 1.29 is 4.42 Å². The molecule has 32 heavy (non-hydrogen) atoms. The summed E-state index contributed by atoms with van der Waals surface area (Å²) in [6.45, 7) is 0. The number of benzene rings is 4. The van der Waals surface area contributed by atoms with Crippen molar-refractivity contribution in [3.63, 3.8) is 0 Å². The lowest BCUT2D eigenvalue weighted by molar-refractivity contribution is 0.572. The molecule has 0 spiro atoms. The molecule has 0 amide bonds. The van der Waals surface area contributed by atoms with Gasteiger partial charge in [0.1, 0.15) is 11.0 Å². The molecule has 0 unspecified atom stereocenters. The van der Waals surface area contributed by atoms with Crippen molar-refractivity contribution in [2.75, 3.05) is 5.32 Å². The molecule has 1 N–H and O–H groups in total. The quantitative estimate of drug-likeness (QED) is 0.348. The van der Waals surface area contributed by atoms with Crippen molar-refractivity contribution in [2.24, 2.45) is 0 Å². The van der Waals surface area contributed by atoms with E-state index in [0.29, 0.717) is 0 Å². The maximum atomic E-state index is 6.25. The van der Waals surface area contributed by atoms with E-state index in [9.17, 15) is 0 Å². The van der Waals surface area contributed by atoms with Gasteiger partial charge in [-0.25, -0.2) is 0 Å². The first-order valence-electron chi connectivity index (χ1n) is 11.1. The summed E-state index contributed by atoms with van der Waals surface area (Å²) in [6.07, 6.45) is 6.63. The van der Waals surface area contributed by atoms with E-state index in [1.165, 1.54) is 21.7 Å². The van der Waals surface area contributed by atoms with Gasteiger partial charge in [0.2, 0.25) is 0 Å². The van der Waals surface area contributed by atoms with Gasteiger partial charge < -0.3 is 9.73 Å². The zero-order chi connectivity index (χ0) is 21.3. The molecule has 1 heterocycles. The fourth-order valence-electron chi connectivity index (χ4n) is 4.46. The molecular formula is C30H23NO. The van der Waals surface area contributed by atoms with Crippen molar-refractivity contribution in [2.45, 2.75) is 12.8 Å². The number of para-hydroxylation sites is 1. The fourth-order valence-corrected chi connectivity index (χ4v) is 4.46.